The number of aliphatic imine (C=N–C) groups is 2. The average Bonchev–Trinajstić information content (AvgIpc) is 3.92. The molecular formula is C57H60N2. The van der Waals surface area contributed by atoms with Crippen molar-refractivity contribution >= 4 is 23.8 Å². The minimum atomic E-state index is -0.0213. The Morgan fingerprint density at radius 2 is 0.814 bits per heavy atom. The summed E-state index contributed by atoms with van der Waals surface area (Å²) in [7, 11) is 0. The Kier molecular flexibility index (Phi) is 11.9. The van der Waals surface area contributed by atoms with E-state index in [2.05, 4.69) is 148 Å². The number of rotatable bonds is 18. The van der Waals surface area contributed by atoms with E-state index >= 15 is 0 Å². The van der Waals surface area contributed by atoms with Gasteiger partial charge in [-0.2, -0.15) is 0 Å². The Balaban J connectivity index is 1.03. The quantitative estimate of drug-likeness (QED) is 0.0613. The molecule has 298 valence electrons. The Morgan fingerprint density at radius 1 is 0.407 bits per heavy atom. The predicted octanol–water partition coefficient (Wildman–Crippen LogP) is 16.1. The molecule has 0 fully saturated rings. The fourth-order valence-corrected chi connectivity index (χ4v) is 10.5. The fraction of sp³-hybridized carbons (Fsp3) is 0.333. The van der Waals surface area contributed by atoms with Gasteiger partial charge in [0.05, 0.1) is 11.4 Å². The third kappa shape index (κ3) is 8.16. The lowest BCUT2D eigenvalue weighted by atomic mass is 9.70. The lowest BCUT2D eigenvalue weighted by Crippen LogP contribution is -2.26. The second kappa shape index (κ2) is 17.9. The molecule has 9 rings (SSSR count). The van der Waals surface area contributed by atoms with Crippen molar-refractivity contribution in [1.82, 2.24) is 0 Å². The van der Waals surface area contributed by atoms with Crippen LogP contribution in [0.15, 0.2) is 131 Å². The summed E-state index contributed by atoms with van der Waals surface area (Å²) in [5, 5.41) is 0. The maximum atomic E-state index is 5.11. The second-order valence-electron chi connectivity index (χ2n) is 17.6. The molecule has 0 unspecified atom stereocenters. The van der Waals surface area contributed by atoms with Gasteiger partial charge in [0.1, 0.15) is 0 Å². The topological polar surface area (TPSA) is 24.7 Å². The summed E-state index contributed by atoms with van der Waals surface area (Å²) in [4.78, 5) is 10.2. The van der Waals surface area contributed by atoms with E-state index in [-0.39, 0.29) is 5.41 Å². The summed E-state index contributed by atoms with van der Waals surface area (Å²) in [6.45, 7) is 4.63. The standard InChI is InChI=1S/C57H60N2/c1-3-5-7-9-11-17-31-57(32-18-12-10-8-6-4-2)55-33-41(39-58-47-25-29-51-45(37-47)35-43-19-13-15-21-49(43)51)23-27-53(55)54-28-24-42(34-56(54)57)40-59-48-26-30-52-46(38-48)36-44-20-14-16-22-50(44)52/h13-16,19-30,33-34,37-40H,3-12,17-18,31-32,35-36H2,1-2H3. The molecule has 6 aromatic carbocycles. The number of hydrogen-bond acceptors (Lipinski definition) is 2. The maximum absolute atomic E-state index is 5.11. The minimum Gasteiger partial charge on any atom is -0.256 e. The Labute approximate surface area is 353 Å². The maximum Gasteiger partial charge on any atom is 0.0633 e. The van der Waals surface area contributed by atoms with Crippen LogP contribution in [0.3, 0.4) is 0 Å². The van der Waals surface area contributed by atoms with E-state index in [1.165, 1.54) is 168 Å². The van der Waals surface area contributed by atoms with Crippen molar-refractivity contribution in [2.24, 2.45) is 9.98 Å². The van der Waals surface area contributed by atoms with Crippen LogP contribution in [0.1, 0.15) is 148 Å². The molecular weight excluding hydrogens is 713 g/mol. The molecule has 0 heterocycles. The predicted molar refractivity (Wildman–Crippen MR) is 253 cm³/mol. The largest absolute Gasteiger partial charge is 0.256 e. The highest BCUT2D eigenvalue weighted by Gasteiger charge is 2.42. The first kappa shape index (κ1) is 39.1. The van der Waals surface area contributed by atoms with Crippen LogP contribution in [0.25, 0.3) is 33.4 Å². The minimum absolute atomic E-state index is 0.0213. The van der Waals surface area contributed by atoms with E-state index in [0.717, 1.165) is 24.2 Å². The highest BCUT2D eigenvalue weighted by Crippen LogP contribution is 2.55. The van der Waals surface area contributed by atoms with Gasteiger partial charge in [0.15, 0.2) is 0 Å². The SMILES string of the molecule is CCCCCCCCC1(CCCCCCCC)c2cc(C=Nc3ccc4c(c3)Cc3ccccc3-4)ccc2-c2ccc(C=Nc3ccc4c(c3)Cc3ccccc3-4)cc21. The zero-order chi connectivity index (χ0) is 40.0. The summed E-state index contributed by atoms with van der Waals surface area (Å²) >= 11 is 0. The lowest BCUT2D eigenvalue weighted by Gasteiger charge is -2.33. The van der Waals surface area contributed by atoms with E-state index in [4.69, 9.17) is 9.98 Å². The van der Waals surface area contributed by atoms with Crippen LogP contribution in [0.2, 0.25) is 0 Å². The molecule has 3 aliphatic carbocycles. The van der Waals surface area contributed by atoms with Gasteiger partial charge in [0.25, 0.3) is 0 Å². The molecule has 2 nitrogen and oxygen atoms in total. The van der Waals surface area contributed by atoms with Gasteiger partial charge in [-0.15, -0.1) is 0 Å². The summed E-state index contributed by atoms with van der Waals surface area (Å²) in [5.41, 5.74) is 21.3. The molecule has 0 bridgehead atoms. The molecule has 0 N–H and O–H groups in total. The molecule has 0 spiro atoms. The normalized spacial score (nSPS) is 14.1. The fourth-order valence-electron chi connectivity index (χ4n) is 10.5. The molecule has 2 heteroatoms. The summed E-state index contributed by atoms with van der Waals surface area (Å²) in [6, 6.07) is 45.5. The van der Waals surface area contributed by atoms with Crippen LogP contribution in [-0.2, 0) is 18.3 Å². The Morgan fingerprint density at radius 3 is 1.29 bits per heavy atom. The number of nitrogens with zero attached hydrogens (tertiary/aromatic N) is 2. The van der Waals surface area contributed by atoms with Crippen LogP contribution in [0.4, 0.5) is 11.4 Å². The summed E-state index contributed by atoms with van der Waals surface area (Å²) in [6.07, 6.45) is 24.3. The lowest BCUT2D eigenvalue weighted by molar-refractivity contribution is 0.398. The van der Waals surface area contributed by atoms with Gasteiger partial charge in [0, 0.05) is 17.8 Å². The van der Waals surface area contributed by atoms with Crippen molar-refractivity contribution in [1.29, 1.82) is 0 Å². The van der Waals surface area contributed by atoms with E-state index in [1.54, 1.807) is 0 Å². The van der Waals surface area contributed by atoms with E-state index in [9.17, 15) is 0 Å². The van der Waals surface area contributed by atoms with Gasteiger partial charge in [-0.05, 0) is 140 Å². The third-order valence-corrected chi connectivity index (χ3v) is 13.6. The molecule has 0 saturated carbocycles. The van der Waals surface area contributed by atoms with Gasteiger partial charge in [-0.3, -0.25) is 9.98 Å². The first-order valence-corrected chi connectivity index (χ1v) is 22.9. The van der Waals surface area contributed by atoms with Crippen LogP contribution in [-0.4, -0.2) is 12.4 Å². The van der Waals surface area contributed by atoms with Crippen molar-refractivity contribution in [2.45, 2.75) is 122 Å². The zero-order valence-corrected chi connectivity index (χ0v) is 35.4. The average molecular weight is 773 g/mol. The summed E-state index contributed by atoms with van der Waals surface area (Å²) < 4.78 is 0. The van der Waals surface area contributed by atoms with Crippen LogP contribution in [0.5, 0.6) is 0 Å². The van der Waals surface area contributed by atoms with Crippen molar-refractivity contribution < 1.29 is 0 Å². The molecule has 0 amide bonds. The van der Waals surface area contributed by atoms with E-state index < -0.39 is 0 Å². The van der Waals surface area contributed by atoms with Crippen LogP contribution < -0.4 is 0 Å². The highest BCUT2D eigenvalue weighted by molar-refractivity contribution is 5.91. The van der Waals surface area contributed by atoms with E-state index in [1.807, 2.05) is 0 Å². The number of benzene rings is 6. The highest BCUT2D eigenvalue weighted by atomic mass is 14.7. The number of hydrogen-bond donors (Lipinski definition) is 0. The van der Waals surface area contributed by atoms with Crippen LogP contribution >= 0.6 is 0 Å². The number of unbranched alkanes of at least 4 members (excludes halogenated alkanes) is 10. The summed E-state index contributed by atoms with van der Waals surface area (Å²) in [5.74, 6) is 0. The van der Waals surface area contributed by atoms with Crippen molar-refractivity contribution in [3.8, 4) is 33.4 Å². The van der Waals surface area contributed by atoms with Crippen LogP contribution in [0, 0.1) is 0 Å². The molecule has 6 aromatic rings. The zero-order valence-electron chi connectivity index (χ0n) is 35.4. The van der Waals surface area contributed by atoms with Gasteiger partial charge < -0.3 is 0 Å². The monoisotopic (exact) mass is 772 g/mol. The molecule has 0 aromatic heterocycles. The number of fused-ring (bicyclic) bond motifs is 9. The molecule has 0 atom stereocenters. The van der Waals surface area contributed by atoms with Crippen molar-refractivity contribution in [2.75, 3.05) is 0 Å². The smallest absolute Gasteiger partial charge is 0.0633 e. The Hall–Kier alpha value is -5.34. The molecule has 3 aliphatic rings. The van der Waals surface area contributed by atoms with Gasteiger partial charge in [-0.1, -0.05) is 176 Å². The van der Waals surface area contributed by atoms with Gasteiger partial charge in [-0.25, -0.2) is 0 Å². The molecule has 0 radical (unpaired) electrons. The van der Waals surface area contributed by atoms with Gasteiger partial charge in [0.2, 0.25) is 0 Å². The van der Waals surface area contributed by atoms with Crippen molar-refractivity contribution in [3.05, 3.63) is 166 Å². The van der Waals surface area contributed by atoms with Gasteiger partial charge >= 0.3 is 0 Å². The van der Waals surface area contributed by atoms with Crippen molar-refractivity contribution in [3.63, 3.8) is 0 Å². The molecule has 0 saturated heterocycles. The Bertz CT molecular complexity index is 2320. The molecule has 0 aliphatic heterocycles. The second-order valence-corrected chi connectivity index (χ2v) is 17.6. The van der Waals surface area contributed by atoms with E-state index in [0.29, 0.717) is 0 Å². The molecule has 59 heavy (non-hydrogen) atoms. The first-order valence-electron chi connectivity index (χ1n) is 22.9. The third-order valence-electron chi connectivity index (χ3n) is 13.6. The first-order chi connectivity index (χ1) is 29.1.